The Kier molecular flexibility index (Phi) is 3.29. The second-order valence-electron chi connectivity index (χ2n) is 4.31. The van der Waals surface area contributed by atoms with E-state index in [9.17, 15) is 0 Å². The van der Waals surface area contributed by atoms with E-state index in [0.717, 1.165) is 17.7 Å². The van der Waals surface area contributed by atoms with Gasteiger partial charge in [0, 0.05) is 17.8 Å². The number of rotatable bonds is 3. The summed E-state index contributed by atoms with van der Waals surface area (Å²) in [6.07, 6.45) is 2.82. The molecular weight excluding hydrogens is 210 g/mol. The molecule has 0 unspecified atom stereocenters. The predicted octanol–water partition coefficient (Wildman–Crippen LogP) is 2.51. The van der Waals surface area contributed by atoms with Crippen molar-refractivity contribution in [2.24, 2.45) is 5.73 Å². The number of nitrogens with two attached hydrogens (primary N) is 1. The van der Waals surface area contributed by atoms with Crippen LogP contribution in [-0.4, -0.2) is 9.78 Å². The lowest BCUT2D eigenvalue weighted by molar-refractivity contribution is 0.801. The van der Waals surface area contributed by atoms with Gasteiger partial charge in [-0.1, -0.05) is 19.1 Å². The summed E-state index contributed by atoms with van der Waals surface area (Å²) in [7, 11) is 0. The Morgan fingerprint density at radius 2 is 2.06 bits per heavy atom. The Morgan fingerprint density at radius 1 is 1.29 bits per heavy atom. The maximum atomic E-state index is 5.73. The van der Waals surface area contributed by atoms with E-state index in [0.29, 0.717) is 6.54 Å². The monoisotopic (exact) mass is 229 g/mol. The van der Waals surface area contributed by atoms with E-state index in [1.807, 2.05) is 10.9 Å². The Bertz CT molecular complexity index is 526. The molecule has 17 heavy (non-hydrogen) atoms. The predicted molar refractivity (Wildman–Crippen MR) is 70.3 cm³/mol. The van der Waals surface area contributed by atoms with E-state index in [2.05, 4.69) is 44.1 Å². The molecule has 1 aromatic heterocycles. The average Bonchev–Trinajstić information content (AvgIpc) is 2.75. The van der Waals surface area contributed by atoms with Gasteiger partial charge in [-0.3, -0.25) is 0 Å². The minimum atomic E-state index is 0.550. The highest BCUT2D eigenvalue weighted by Crippen LogP contribution is 2.20. The summed E-state index contributed by atoms with van der Waals surface area (Å²) in [5.41, 5.74) is 11.8. The van der Waals surface area contributed by atoms with Crippen molar-refractivity contribution < 1.29 is 0 Å². The molecule has 0 bridgehead atoms. The fourth-order valence-corrected chi connectivity index (χ4v) is 2.13. The molecule has 0 saturated carbocycles. The van der Waals surface area contributed by atoms with E-state index in [4.69, 9.17) is 5.73 Å². The second-order valence-corrected chi connectivity index (χ2v) is 4.31. The first-order valence-electron chi connectivity index (χ1n) is 6.01. The van der Waals surface area contributed by atoms with Crippen LogP contribution in [0.3, 0.4) is 0 Å². The van der Waals surface area contributed by atoms with Crippen LogP contribution in [0.2, 0.25) is 0 Å². The van der Waals surface area contributed by atoms with Crippen molar-refractivity contribution in [1.82, 2.24) is 9.78 Å². The van der Waals surface area contributed by atoms with Gasteiger partial charge in [-0.2, -0.15) is 5.10 Å². The van der Waals surface area contributed by atoms with Crippen molar-refractivity contribution in [3.63, 3.8) is 0 Å². The lowest BCUT2D eigenvalue weighted by Gasteiger charge is -2.12. The first-order valence-corrected chi connectivity index (χ1v) is 6.01. The zero-order chi connectivity index (χ0) is 12.4. The smallest absolute Gasteiger partial charge is 0.0680 e. The summed E-state index contributed by atoms with van der Waals surface area (Å²) < 4.78 is 2.02. The molecule has 0 aliphatic carbocycles. The average molecular weight is 229 g/mol. The van der Waals surface area contributed by atoms with Gasteiger partial charge in [0.25, 0.3) is 0 Å². The molecule has 0 radical (unpaired) electrons. The van der Waals surface area contributed by atoms with Gasteiger partial charge in [-0.25, -0.2) is 4.68 Å². The van der Waals surface area contributed by atoms with Crippen molar-refractivity contribution in [3.05, 3.63) is 46.8 Å². The lowest BCUT2D eigenvalue weighted by Crippen LogP contribution is -2.06. The third-order valence-electron chi connectivity index (χ3n) is 3.31. The maximum absolute atomic E-state index is 5.73. The molecule has 0 spiro atoms. The highest BCUT2D eigenvalue weighted by Gasteiger charge is 2.11. The Labute approximate surface area is 102 Å². The molecule has 0 aliphatic rings. The fourth-order valence-electron chi connectivity index (χ4n) is 2.13. The molecule has 2 N–H and O–H groups in total. The van der Waals surface area contributed by atoms with Crippen LogP contribution in [0.5, 0.6) is 0 Å². The molecule has 2 rings (SSSR count). The fraction of sp³-hybridized carbons (Fsp3) is 0.357. The third-order valence-corrected chi connectivity index (χ3v) is 3.31. The standard InChI is InChI=1S/C14H19N3/c1-4-13-12(8-15)9-16-17(13)14-7-5-6-10(2)11(14)3/h5-7,9H,4,8,15H2,1-3H3. The minimum Gasteiger partial charge on any atom is -0.326 e. The molecule has 0 atom stereocenters. The summed E-state index contributed by atoms with van der Waals surface area (Å²) in [6.45, 7) is 6.94. The summed E-state index contributed by atoms with van der Waals surface area (Å²) in [5, 5.41) is 4.47. The third kappa shape index (κ3) is 1.98. The van der Waals surface area contributed by atoms with Gasteiger partial charge >= 0.3 is 0 Å². The molecule has 2 aromatic rings. The van der Waals surface area contributed by atoms with Crippen LogP contribution < -0.4 is 5.73 Å². The quantitative estimate of drug-likeness (QED) is 0.878. The van der Waals surface area contributed by atoms with Crippen LogP contribution >= 0.6 is 0 Å². The summed E-state index contributed by atoms with van der Waals surface area (Å²) in [6, 6.07) is 6.30. The molecule has 90 valence electrons. The van der Waals surface area contributed by atoms with Crippen molar-refractivity contribution in [1.29, 1.82) is 0 Å². The SMILES string of the molecule is CCc1c(CN)cnn1-c1cccc(C)c1C. The van der Waals surface area contributed by atoms with E-state index >= 15 is 0 Å². The molecule has 0 amide bonds. The van der Waals surface area contributed by atoms with Gasteiger partial charge in [-0.05, 0) is 37.5 Å². The van der Waals surface area contributed by atoms with E-state index in [-0.39, 0.29) is 0 Å². The number of hydrogen-bond donors (Lipinski definition) is 1. The highest BCUT2D eigenvalue weighted by molar-refractivity contribution is 5.45. The molecule has 0 aliphatic heterocycles. The molecule has 0 fully saturated rings. The van der Waals surface area contributed by atoms with E-state index < -0.39 is 0 Å². The van der Waals surface area contributed by atoms with Crippen LogP contribution in [0, 0.1) is 13.8 Å². The van der Waals surface area contributed by atoms with Crippen LogP contribution in [0.4, 0.5) is 0 Å². The normalized spacial score (nSPS) is 10.8. The minimum absolute atomic E-state index is 0.550. The Morgan fingerprint density at radius 3 is 2.71 bits per heavy atom. The molecule has 3 nitrogen and oxygen atoms in total. The van der Waals surface area contributed by atoms with Crippen LogP contribution in [0.15, 0.2) is 24.4 Å². The van der Waals surface area contributed by atoms with Crippen molar-refractivity contribution in [3.8, 4) is 5.69 Å². The number of benzene rings is 1. The van der Waals surface area contributed by atoms with Gasteiger partial charge in [0.15, 0.2) is 0 Å². The summed E-state index contributed by atoms with van der Waals surface area (Å²) in [5.74, 6) is 0. The first kappa shape index (κ1) is 11.9. The Hall–Kier alpha value is -1.61. The molecule has 1 heterocycles. The number of aromatic nitrogens is 2. The van der Waals surface area contributed by atoms with Crippen molar-refractivity contribution in [2.75, 3.05) is 0 Å². The number of nitrogens with zero attached hydrogens (tertiary/aromatic N) is 2. The Balaban J connectivity index is 2.60. The lowest BCUT2D eigenvalue weighted by atomic mass is 10.1. The van der Waals surface area contributed by atoms with Crippen molar-refractivity contribution in [2.45, 2.75) is 33.7 Å². The van der Waals surface area contributed by atoms with Crippen molar-refractivity contribution >= 4 is 0 Å². The largest absolute Gasteiger partial charge is 0.326 e. The van der Waals surface area contributed by atoms with Gasteiger partial charge < -0.3 is 5.73 Å². The van der Waals surface area contributed by atoms with Gasteiger partial charge in [-0.15, -0.1) is 0 Å². The topological polar surface area (TPSA) is 43.8 Å². The van der Waals surface area contributed by atoms with Crippen LogP contribution in [0.1, 0.15) is 29.3 Å². The zero-order valence-corrected chi connectivity index (χ0v) is 10.7. The molecule has 3 heteroatoms. The van der Waals surface area contributed by atoms with Gasteiger partial charge in [0.2, 0.25) is 0 Å². The molecule has 0 saturated heterocycles. The number of aryl methyl sites for hydroxylation is 1. The van der Waals surface area contributed by atoms with Crippen LogP contribution in [0.25, 0.3) is 5.69 Å². The van der Waals surface area contributed by atoms with Gasteiger partial charge in [0.1, 0.15) is 0 Å². The number of hydrogen-bond acceptors (Lipinski definition) is 2. The zero-order valence-electron chi connectivity index (χ0n) is 10.7. The molecule has 1 aromatic carbocycles. The molecular formula is C14H19N3. The summed E-state index contributed by atoms with van der Waals surface area (Å²) >= 11 is 0. The van der Waals surface area contributed by atoms with E-state index in [1.165, 1.54) is 16.8 Å². The maximum Gasteiger partial charge on any atom is 0.0680 e. The van der Waals surface area contributed by atoms with Crippen LogP contribution in [-0.2, 0) is 13.0 Å². The highest BCUT2D eigenvalue weighted by atomic mass is 15.3. The summed E-state index contributed by atoms with van der Waals surface area (Å²) in [4.78, 5) is 0. The second kappa shape index (κ2) is 4.72. The van der Waals surface area contributed by atoms with E-state index in [1.54, 1.807) is 0 Å². The first-order chi connectivity index (χ1) is 8.19. The van der Waals surface area contributed by atoms with Gasteiger partial charge in [0.05, 0.1) is 11.9 Å².